The number of nitrogens with zero attached hydrogens (tertiary/aromatic N) is 1. The predicted molar refractivity (Wildman–Crippen MR) is 80.4 cm³/mol. The molecule has 2 aromatic rings. The minimum atomic E-state index is -0.654. The maximum Gasteiger partial charge on any atom is 0.269 e. The topological polar surface area (TPSA) is 34.0 Å². The summed E-state index contributed by atoms with van der Waals surface area (Å²) < 4.78 is 1.91. The number of hydrogen-bond donors (Lipinski definition) is 1. The quantitative estimate of drug-likeness (QED) is 0.848. The third-order valence-electron chi connectivity index (χ3n) is 3.04. The number of benzene rings is 1. The molecule has 0 aliphatic carbocycles. The molecule has 0 saturated heterocycles. The van der Waals surface area contributed by atoms with Crippen molar-refractivity contribution >= 4 is 5.91 Å². The molecule has 0 saturated carbocycles. The van der Waals surface area contributed by atoms with Crippen LogP contribution in [0.1, 0.15) is 29.9 Å². The highest BCUT2D eigenvalue weighted by atomic mass is 16.2. The molecule has 0 fully saturated rings. The molecular weight excluding hydrogens is 248 g/mol. The van der Waals surface area contributed by atoms with Crippen LogP contribution in [0.25, 0.3) is 0 Å². The molecule has 20 heavy (non-hydrogen) atoms. The van der Waals surface area contributed by atoms with Crippen LogP contribution in [0.15, 0.2) is 48.7 Å². The fraction of sp³-hybridized carbons (Fsp3) is 0.235. The van der Waals surface area contributed by atoms with Gasteiger partial charge in [-0.2, -0.15) is 0 Å². The molecule has 2 rings (SSSR count). The molecule has 1 aromatic heterocycles. The number of amides is 1. The van der Waals surface area contributed by atoms with E-state index in [1.54, 1.807) is 19.9 Å². The van der Waals surface area contributed by atoms with Gasteiger partial charge >= 0.3 is 0 Å². The molecule has 3 nitrogen and oxygen atoms in total. The molecule has 102 valence electrons. The zero-order valence-corrected chi connectivity index (χ0v) is 11.8. The van der Waals surface area contributed by atoms with Crippen molar-refractivity contribution in [1.82, 2.24) is 9.88 Å². The van der Waals surface area contributed by atoms with Crippen LogP contribution in [0, 0.1) is 12.3 Å². The molecule has 0 atom stereocenters. The number of carbonyl (C=O) groups excluding carboxylic acids is 1. The molecule has 0 bridgehead atoms. The zero-order chi connectivity index (χ0) is 14.6. The highest BCUT2D eigenvalue weighted by Gasteiger charge is 2.20. The van der Waals surface area contributed by atoms with Crippen molar-refractivity contribution in [2.45, 2.75) is 25.9 Å². The van der Waals surface area contributed by atoms with E-state index in [9.17, 15) is 4.79 Å². The Kier molecular flexibility index (Phi) is 3.95. The van der Waals surface area contributed by atoms with Crippen LogP contribution < -0.4 is 5.32 Å². The van der Waals surface area contributed by atoms with Gasteiger partial charge in [0.1, 0.15) is 5.69 Å². The van der Waals surface area contributed by atoms with E-state index in [-0.39, 0.29) is 5.91 Å². The smallest absolute Gasteiger partial charge is 0.269 e. The van der Waals surface area contributed by atoms with Crippen molar-refractivity contribution in [3.63, 3.8) is 0 Å². The van der Waals surface area contributed by atoms with Crippen molar-refractivity contribution in [1.29, 1.82) is 0 Å². The molecule has 0 spiro atoms. The van der Waals surface area contributed by atoms with Crippen molar-refractivity contribution in [2.75, 3.05) is 0 Å². The second-order valence-electron chi connectivity index (χ2n) is 5.23. The van der Waals surface area contributed by atoms with Crippen molar-refractivity contribution < 1.29 is 4.79 Å². The van der Waals surface area contributed by atoms with Crippen LogP contribution in [-0.4, -0.2) is 16.0 Å². The maximum atomic E-state index is 12.3. The summed E-state index contributed by atoms with van der Waals surface area (Å²) in [5.41, 5.74) is 1.10. The summed E-state index contributed by atoms with van der Waals surface area (Å²) in [6, 6.07) is 13.7. The summed E-state index contributed by atoms with van der Waals surface area (Å²) >= 11 is 0. The van der Waals surface area contributed by atoms with Gasteiger partial charge in [0.25, 0.3) is 5.91 Å². The van der Waals surface area contributed by atoms with Crippen LogP contribution in [0.2, 0.25) is 0 Å². The van der Waals surface area contributed by atoms with E-state index in [0.717, 1.165) is 5.56 Å². The molecule has 1 N–H and O–H groups in total. The normalized spacial score (nSPS) is 10.8. The van der Waals surface area contributed by atoms with E-state index in [0.29, 0.717) is 12.2 Å². The molecule has 1 amide bonds. The molecule has 3 heteroatoms. The highest BCUT2D eigenvalue weighted by Crippen LogP contribution is 2.09. The van der Waals surface area contributed by atoms with Gasteiger partial charge in [-0.1, -0.05) is 36.3 Å². The first-order chi connectivity index (χ1) is 9.52. The summed E-state index contributed by atoms with van der Waals surface area (Å²) in [6.45, 7) is 4.26. The van der Waals surface area contributed by atoms with Gasteiger partial charge in [-0.3, -0.25) is 4.79 Å². The molecular formula is C17H18N2O. The van der Waals surface area contributed by atoms with E-state index >= 15 is 0 Å². The van der Waals surface area contributed by atoms with Crippen molar-refractivity contribution in [2.24, 2.45) is 0 Å². The van der Waals surface area contributed by atoms with Crippen molar-refractivity contribution in [3.8, 4) is 12.3 Å². The third-order valence-corrected chi connectivity index (χ3v) is 3.04. The summed E-state index contributed by atoms with van der Waals surface area (Å²) in [6.07, 6.45) is 7.29. The summed E-state index contributed by atoms with van der Waals surface area (Å²) in [5.74, 6) is 2.40. The van der Waals surface area contributed by atoms with Gasteiger partial charge in [-0.15, -0.1) is 6.42 Å². The van der Waals surface area contributed by atoms with Gasteiger partial charge in [0.15, 0.2) is 0 Å². The van der Waals surface area contributed by atoms with E-state index in [1.165, 1.54) is 0 Å². The second kappa shape index (κ2) is 5.66. The number of hydrogen-bond acceptors (Lipinski definition) is 1. The van der Waals surface area contributed by atoms with Gasteiger partial charge in [0, 0.05) is 12.7 Å². The van der Waals surface area contributed by atoms with Gasteiger partial charge in [-0.05, 0) is 31.5 Å². The first-order valence-corrected chi connectivity index (χ1v) is 6.51. The minimum Gasteiger partial charge on any atom is -0.339 e. The Bertz CT molecular complexity index is 633. The number of terminal acetylenes is 1. The first kappa shape index (κ1) is 14.0. The second-order valence-corrected chi connectivity index (χ2v) is 5.23. The highest BCUT2D eigenvalue weighted by molar-refractivity contribution is 5.93. The summed E-state index contributed by atoms with van der Waals surface area (Å²) in [4.78, 5) is 12.3. The lowest BCUT2D eigenvalue weighted by Crippen LogP contribution is -2.42. The standard InChI is InChI=1S/C17H18N2O/c1-4-17(2,3)18-16(20)15-11-8-12-19(15)13-14-9-6-5-7-10-14/h1,5-12H,13H2,2-3H3,(H,18,20). The Balaban J connectivity index is 2.17. The van der Waals surface area contributed by atoms with Gasteiger partial charge in [-0.25, -0.2) is 0 Å². The number of aromatic nitrogens is 1. The third kappa shape index (κ3) is 3.30. The summed E-state index contributed by atoms with van der Waals surface area (Å²) in [7, 11) is 0. The average Bonchev–Trinajstić information content (AvgIpc) is 2.88. The van der Waals surface area contributed by atoms with Crippen LogP contribution in [0.3, 0.4) is 0 Å². The average molecular weight is 266 g/mol. The number of rotatable bonds is 4. The Morgan fingerprint density at radius 2 is 1.95 bits per heavy atom. The largest absolute Gasteiger partial charge is 0.339 e. The Morgan fingerprint density at radius 1 is 1.25 bits per heavy atom. The summed E-state index contributed by atoms with van der Waals surface area (Å²) in [5, 5.41) is 2.84. The fourth-order valence-corrected chi connectivity index (χ4v) is 1.92. The maximum absolute atomic E-state index is 12.3. The van der Waals surface area contributed by atoms with Crippen LogP contribution >= 0.6 is 0 Å². The van der Waals surface area contributed by atoms with E-state index in [2.05, 4.69) is 11.2 Å². The van der Waals surface area contributed by atoms with Gasteiger partial charge in [0.05, 0.1) is 5.54 Å². The van der Waals surface area contributed by atoms with Crippen LogP contribution in [0.4, 0.5) is 0 Å². The first-order valence-electron chi connectivity index (χ1n) is 6.51. The lowest BCUT2D eigenvalue weighted by Gasteiger charge is -2.20. The van der Waals surface area contributed by atoms with E-state index in [1.807, 2.05) is 47.2 Å². The molecule has 0 aliphatic rings. The van der Waals surface area contributed by atoms with Gasteiger partial charge in [0.2, 0.25) is 0 Å². The minimum absolute atomic E-state index is 0.158. The monoisotopic (exact) mass is 266 g/mol. The Morgan fingerprint density at radius 3 is 2.60 bits per heavy atom. The van der Waals surface area contributed by atoms with Crippen LogP contribution in [-0.2, 0) is 6.54 Å². The fourth-order valence-electron chi connectivity index (χ4n) is 1.92. The lowest BCUT2D eigenvalue weighted by atomic mass is 10.1. The van der Waals surface area contributed by atoms with Crippen LogP contribution in [0.5, 0.6) is 0 Å². The zero-order valence-electron chi connectivity index (χ0n) is 11.8. The van der Waals surface area contributed by atoms with E-state index in [4.69, 9.17) is 6.42 Å². The number of carbonyl (C=O) groups is 1. The predicted octanol–water partition coefficient (Wildman–Crippen LogP) is 2.68. The van der Waals surface area contributed by atoms with E-state index < -0.39 is 5.54 Å². The Labute approximate surface area is 119 Å². The van der Waals surface area contributed by atoms with Crippen molar-refractivity contribution in [3.05, 3.63) is 59.9 Å². The number of nitrogens with one attached hydrogen (secondary N) is 1. The lowest BCUT2D eigenvalue weighted by molar-refractivity contribution is 0.0921. The SMILES string of the molecule is C#CC(C)(C)NC(=O)c1cccn1Cc1ccccc1. The Hall–Kier alpha value is -2.47. The molecule has 0 unspecified atom stereocenters. The molecule has 1 aromatic carbocycles. The molecule has 0 radical (unpaired) electrons. The molecule has 1 heterocycles. The molecule has 0 aliphatic heterocycles. The van der Waals surface area contributed by atoms with Gasteiger partial charge < -0.3 is 9.88 Å².